The number of likely N-dealkylation sites (N-methyl/N-ethyl adjacent to an activating group) is 1. The third-order valence-electron chi connectivity index (χ3n) is 5.34. The van der Waals surface area contributed by atoms with Crippen LogP contribution in [0.2, 0.25) is 0 Å². The molecule has 0 unspecified atom stereocenters. The lowest BCUT2D eigenvalue weighted by molar-refractivity contribution is -0.126. The van der Waals surface area contributed by atoms with Gasteiger partial charge in [0.15, 0.2) is 5.13 Å². The summed E-state index contributed by atoms with van der Waals surface area (Å²) in [7, 11) is 1.61. The van der Waals surface area contributed by atoms with Crippen LogP contribution in [0.5, 0.6) is 0 Å². The number of nitrogens with zero attached hydrogens (tertiary/aromatic N) is 2. The summed E-state index contributed by atoms with van der Waals surface area (Å²) in [5.74, 6) is -0.401. The Morgan fingerprint density at radius 3 is 2.65 bits per heavy atom. The van der Waals surface area contributed by atoms with Crippen molar-refractivity contribution in [3.63, 3.8) is 0 Å². The molecule has 1 aliphatic rings. The summed E-state index contributed by atoms with van der Waals surface area (Å²) in [6.07, 6.45) is 1.08. The summed E-state index contributed by atoms with van der Waals surface area (Å²) < 4.78 is 0. The van der Waals surface area contributed by atoms with E-state index in [2.05, 4.69) is 25.8 Å². The molecule has 1 aliphatic heterocycles. The van der Waals surface area contributed by atoms with Gasteiger partial charge in [0.2, 0.25) is 5.91 Å². The molecular formula is C21H24N6O2S2. The molecular weight excluding hydrogens is 432 g/mol. The highest BCUT2D eigenvalue weighted by Gasteiger charge is 2.37. The van der Waals surface area contributed by atoms with E-state index in [0.29, 0.717) is 42.4 Å². The molecule has 0 spiro atoms. The van der Waals surface area contributed by atoms with E-state index in [1.54, 1.807) is 23.8 Å². The summed E-state index contributed by atoms with van der Waals surface area (Å²) in [4.78, 5) is 31.4. The largest absolute Gasteiger partial charge is 0.370 e. The van der Waals surface area contributed by atoms with Crippen molar-refractivity contribution in [1.82, 2.24) is 10.3 Å². The molecule has 0 atom stereocenters. The van der Waals surface area contributed by atoms with Gasteiger partial charge in [-0.2, -0.15) is 11.3 Å². The van der Waals surface area contributed by atoms with Crippen LogP contribution in [0.1, 0.15) is 23.3 Å². The highest BCUT2D eigenvalue weighted by molar-refractivity contribution is 7.14. The SMILES string of the molecule is CNC(=O)C1(N)CCN(c2ccccc2NC(=O)c2csc(Nc3ccsc3)n2)CC1. The van der Waals surface area contributed by atoms with Gasteiger partial charge in [0, 0.05) is 30.9 Å². The molecule has 1 fully saturated rings. The number of aromatic nitrogens is 1. The van der Waals surface area contributed by atoms with Crippen LogP contribution in [0, 0.1) is 0 Å². The number of piperidine rings is 1. The van der Waals surface area contributed by atoms with E-state index in [1.165, 1.54) is 11.3 Å². The number of thiophene rings is 1. The highest BCUT2D eigenvalue weighted by atomic mass is 32.1. The number of benzene rings is 1. The van der Waals surface area contributed by atoms with Gasteiger partial charge in [0.1, 0.15) is 5.69 Å². The predicted molar refractivity (Wildman–Crippen MR) is 127 cm³/mol. The number of rotatable bonds is 6. The molecule has 0 saturated carbocycles. The van der Waals surface area contributed by atoms with E-state index in [-0.39, 0.29) is 11.8 Å². The highest BCUT2D eigenvalue weighted by Crippen LogP contribution is 2.31. The summed E-state index contributed by atoms with van der Waals surface area (Å²) in [5, 5.41) is 15.2. The van der Waals surface area contributed by atoms with E-state index in [4.69, 9.17) is 5.73 Å². The minimum atomic E-state index is -0.851. The summed E-state index contributed by atoms with van der Waals surface area (Å²) in [6, 6.07) is 9.60. The number of nitrogens with one attached hydrogen (secondary N) is 3. The molecule has 162 valence electrons. The van der Waals surface area contributed by atoms with Crippen molar-refractivity contribution < 1.29 is 9.59 Å². The molecule has 1 saturated heterocycles. The molecule has 2 amide bonds. The molecule has 4 rings (SSSR count). The number of carbonyl (C=O) groups excluding carboxylic acids is 2. The van der Waals surface area contributed by atoms with Crippen LogP contribution in [0.4, 0.5) is 22.2 Å². The van der Waals surface area contributed by atoms with E-state index in [9.17, 15) is 9.59 Å². The lowest BCUT2D eigenvalue weighted by atomic mass is 9.87. The van der Waals surface area contributed by atoms with Gasteiger partial charge in [0.25, 0.3) is 5.91 Å². The number of carbonyl (C=O) groups is 2. The molecule has 3 aromatic rings. The third kappa shape index (κ3) is 4.71. The Labute approximate surface area is 188 Å². The van der Waals surface area contributed by atoms with E-state index < -0.39 is 5.54 Å². The Morgan fingerprint density at radius 2 is 1.94 bits per heavy atom. The van der Waals surface area contributed by atoms with E-state index >= 15 is 0 Å². The summed E-state index contributed by atoms with van der Waals surface area (Å²) in [5.41, 5.74) is 8.35. The number of anilines is 4. The van der Waals surface area contributed by atoms with Crippen molar-refractivity contribution in [3.8, 4) is 0 Å². The fourth-order valence-electron chi connectivity index (χ4n) is 3.56. The maximum Gasteiger partial charge on any atom is 0.275 e. The zero-order valence-electron chi connectivity index (χ0n) is 17.1. The normalized spacial score (nSPS) is 15.4. The number of thiazole rings is 1. The predicted octanol–water partition coefficient (Wildman–Crippen LogP) is 3.24. The fourth-order valence-corrected chi connectivity index (χ4v) is 4.86. The van der Waals surface area contributed by atoms with Gasteiger partial charge in [-0.1, -0.05) is 12.1 Å². The van der Waals surface area contributed by atoms with Crippen molar-refractivity contribution in [1.29, 1.82) is 0 Å². The van der Waals surface area contributed by atoms with Crippen LogP contribution in [0.15, 0.2) is 46.5 Å². The number of nitrogens with two attached hydrogens (primary N) is 1. The first kappa shape index (κ1) is 21.3. The van der Waals surface area contributed by atoms with Crippen LogP contribution in [0.25, 0.3) is 0 Å². The standard InChI is InChI=1S/C21H24N6O2S2/c1-23-19(29)21(22)7-9-27(10-8-21)17-5-3-2-4-15(17)25-18(28)16-13-31-20(26-16)24-14-6-11-30-12-14/h2-6,11-13H,7-10,22H2,1H3,(H,23,29)(H,24,26)(H,25,28). The van der Waals surface area contributed by atoms with Crippen molar-refractivity contribution >= 4 is 56.7 Å². The maximum atomic E-state index is 12.8. The van der Waals surface area contributed by atoms with Gasteiger partial charge in [-0.25, -0.2) is 4.98 Å². The Hall–Kier alpha value is -2.95. The maximum absolute atomic E-state index is 12.8. The second-order valence-corrected chi connectivity index (χ2v) is 9.01. The first-order valence-corrected chi connectivity index (χ1v) is 11.7. The van der Waals surface area contributed by atoms with Crippen molar-refractivity contribution in [2.24, 2.45) is 5.73 Å². The number of hydrogen-bond donors (Lipinski definition) is 4. The van der Waals surface area contributed by atoms with E-state index in [0.717, 1.165) is 11.4 Å². The summed E-state index contributed by atoms with van der Waals surface area (Å²) >= 11 is 2.97. The van der Waals surface area contributed by atoms with Crippen LogP contribution in [0.3, 0.4) is 0 Å². The van der Waals surface area contributed by atoms with Gasteiger partial charge in [0.05, 0.1) is 22.6 Å². The van der Waals surface area contributed by atoms with E-state index in [1.807, 2.05) is 41.1 Å². The second kappa shape index (κ2) is 9.04. The van der Waals surface area contributed by atoms with Gasteiger partial charge in [-0.15, -0.1) is 11.3 Å². The first-order chi connectivity index (χ1) is 15.0. The molecule has 5 N–H and O–H groups in total. The number of para-hydroxylation sites is 2. The average molecular weight is 457 g/mol. The third-order valence-corrected chi connectivity index (χ3v) is 6.78. The van der Waals surface area contributed by atoms with Gasteiger partial charge in [-0.3, -0.25) is 9.59 Å². The topological polar surface area (TPSA) is 112 Å². The molecule has 0 bridgehead atoms. The minimum Gasteiger partial charge on any atom is -0.370 e. The van der Waals surface area contributed by atoms with Crippen LogP contribution in [-0.4, -0.2) is 42.5 Å². The molecule has 2 aromatic heterocycles. The Balaban J connectivity index is 1.44. The van der Waals surface area contributed by atoms with Crippen molar-refractivity contribution in [2.45, 2.75) is 18.4 Å². The second-order valence-electron chi connectivity index (χ2n) is 7.37. The molecule has 0 radical (unpaired) electrons. The van der Waals surface area contributed by atoms with Gasteiger partial charge < -0.3 is 26.6 Å². The molecule has 8 nitrogen and oxygen atoms in total. The molecule has 1 aromatic carbocycles. The van der Waals surface area contributed by atoms with Crippen LogP contribution in [-0.2, 0) is 4.79 Å². The van der Waals surface area contributed by atoms with Crippen LogP contribution < -0.4 is 26.6 Å². The minimum absolute atomic E-state index is 0.135. The molecule has 31 heavy (non-hydrogen) atoms. The smallest absolute Gasteiger partial charge is 0.275 e. The first-order valence-electron chi connectivity index (χ1n) is 9.90. The number of amides is 2. The zero-order chi connectivity index (χ0) is 21.8. The quantitative estimate of drug-likeness (QED) is 0.453. The monoisotopic (exact) mass is 456 g/mol. The Bertz CT molecular complexity index is 1060. The van der Waals surface area contributed by atoms with Crippen LogP contribution >= 0.6 is 22.7 Å². The molecule has 0 aliphatic carbocycles. The molecule has 10 heteroatoms. The summed E-state index contributed by atoms with van der Waals surface area (Å²) in [6.45, 7) is 1.25. The van der Waals surface area contributed by atoms with Crippen molar-refractivity contribution in [3.05, 3.63) is 52.2 Å². The molecule has 3 heterocycles. The average Bonchev–Trinajstić information content (AvgIpc) is 3.47. The fraction of sp³-hybridized carbons (Fsp3) is 0.286. The van der Waals surface area contributed by atoms with Gasteiger partial charge in [-0.05, 0) is 36.4 Å². The zero-order valence-corrected chi connectivity index (χ0v) is 18.7. The van der Waals surface area contributed by atoms with Crippen molar-refractivity contribution in [2.75, 3.05) is 35.7 Å². The number of hydrogen-bond acceptors (Lipinski definition) is 8. The Morgan fingerprint density at radius 1 is 1.16 bits per heavy atom. The lowest BCUT2D eigenvalue weighted by Gasteiger charge is -2.39. The van der Waals surface area contributed by atoms with Gasteiger partial charge >= 0.3 is 0 Å². The lowest BCUT2D eigenvalue weighted by Crippen LogP contribution is -2.59. The Kier molecular flexibility index (Phi) is 6.21.